The fourth-order valence-electron chi connectivity index (χ4n) is 9.43. The van der Waals surface area contributed by atoms with E-state index in [9.17, 15) is 5.11 Å². The molecule has 0 unspecified atom stereocenters. The van der Waals surface area contributed by atoms with Crippen LogP contribution in [0, 0.1) is 11.3 Å². The molecule has 0 aromatic heterocycles. The average Bonchev–Trinajstić information content (AvgIpc) is 3.44. The van der Waals surface area contributed by atoms with E-state index in [1.807, 2.05) is 85.8 Å². The molecule has 8 rings (SSSR count). The van der Waals surface area contributed by atoms with Gasteiger partial charge in [0.15, 0.2) is 20.4 Å². The number of hydrogen-bond acceptors (Lipinski definition) is 9. The molecule has 3 aromatic rings. The molecule has 286 valence electrons. The average molecular weight is 745 g/mol. The third kappa shape index (κ3) is 6.37. The lowest BCUT2D eigenvalue weighted by atomic mass is 9.49. The van der Waals surface area contributed by atoms with E-state index in [2.05, 4.69) is 46.0 Å². The molecule has 0 bridgehead atoms. The Labute approximate surface area is 315 Å². The highest BCUT2D eigenvalue weighted by molar-refractivity contribution is 6.74. The van der Waals surface area contributed by atoms with Crippen LogP contribution in [0.25, 0.3) is 0 Å². The predicted octanol–water partition coefficient (Wildman–Crippen LogP) is 7.16. The lowest BCUT2D eigenvalue weighted by molar-refractivity contribution is -0.474. The van der Waals surface area contributed by atoms with Crippen molar-refractivity contribution in [1.82, 2.24) is 0 Å². The summed E-state index contributed by atoms with van der Waals surface area (Å²) >= 11 is 0. The standard InChI is InChI=1S/C43H56O9Si/c1-40(2,3)53(5,6)52-33-22-35-42(28-44)32(33)23-43(42)41(4,49-35)50-38-37(47-26-31-20-14-9-15-21-31)36(46-25-30-18-12-8-13-19-30)34(48-39(38)51-43)27-45-24-29-16-10-7-11-17-29/h7-21,32-39,44H,22-28H2,1-6H3/t32-,33+,34+,35+,36+,37-,38+,39-,41+,42-,43-/m0/s1. The van der Waals surface area contributed by atoms with E-state index < -0.39 is 55.8 Å². The molecule has 1 N–H and O–H groups in total. The smallest absolute Gasteiger partial charge is 0.196 e. The topological polar surface area (TPSA) is 94.1 Å². The van der Waals surface area contributed by atoms with Crippen LogP contribution in [-0.4, -0.2) is 80.9 Å². The summed E-state index contributed by atoms with van der Waals surface area (Å²) in [5.41, 5.74) is 1.55. The van der Waals surface area contributed by atoms with Gasteiger partial charge in [-0.05, 0) is 54.6 Å². The molecule has 3 aliphatic heterocycles. The summed E-state index contributed by atoms with van der Waals surface area (Å²) in [7, 11) is -2.08. The van der Waals surface area contributed by atoms with E-state index in [4.69, 9.17) is 37.6 Å². The molecular formula is C43H56O9Si. The van der Waals surface area contributed by atoms with Gasteiger partial charge in [0.25, 0.3) is 0 Å². The SMILES string of the molecule is CC(C)(C)[Si](C)(C)O[C@@H]1C[C@H]2O[C@]3(C)O[C@H]4[C@@H](O[C@H](COCc5ccccc5)[C@@H](OCc5ccccc5)[C@@H]4OCc4ccccc4)O[C@@]34C[C@@H]1[C@@]24CO. The van der Waals surface area contributed by atoms with Gasteiger partial charge in [-0.3, -0.25) is 0 Å². The van der Waals surface area contributed by atoms with Crippen molar-refractivity contribution >= 4 is 8.32 Å². The van der Waals surface area contributed by atoms with Crippen molar-refractivity contribution in [3.63, 3.8) is 0 Å². The zero-order valence-corrected chi connectivity index (χ0v) is 32.9. The molecule has 2 aliphatic carbocycles. The molecule has 9 nitrogen and oxygen atoms in total. The molecule has 5 fully saturated rings. The molecule has 2 saturated carbocycles. The second-order valence-corrected chi connectivity index (χ2v) is 22.1. The van der Waals surface area contributed by atoms with Crippen molar-refractivity contribution in [2.24, 2.45) is 11.3 Å². The van der Waals surface area contributed by atoms with Crippen molar-refractivity contribution in [2.45, 2.75) is 133 Å². The van der Waals surface area contributed by atoms with Crippen molar-refractivity contribution in [3.8, 4) is 0 Å². The zero-order chi connectivity index (χ0) is 37.1. The van der Waals surface area contributed by atoms with Crippen molar-refractivity contribution in [1.29, 1.82) is 0 Å². The maximum absolute atomic E-state index is 11.3. The van der Waals surface area contributed by atoms with Crippen LogP contribution in [-0.2, 0) is 57.4 Å². The summed E-state index contributed by atoms with van der Waals surface area (Å²) in [4.78, 5) is 0. The van der Waals surface area contributed by atoms with Crippen LogP contribution in [0.4, 0.5) is 0 Å². The Morgan fingerprint density at radius 2 is 1.34 bits per heavy atom. The highest BCUT2D eigenvalue weighted by atomic mass is 28.4. The fraction of sp³-hybridized carbons (Fsp3) is 0.581. The highest BCUT2D eigenvalue weighted by Crippen LogP contribution is 2.76. The summed E-state index contributed by atoms with van der Waals surface area (Å²) in [5, 5.41) is 11.4. The molecule has 3 saturated heterocycles. The first-order valence-corrected chi connectivity index (χ1v) is 22.2. The van der Waals surface area contributed by atoms with Crippen LogP contribution in [0.2, 0.25) is 18.1 Å². The number of aliphatic hydroxyl groups is 1. The lowest BCUT2D eigenvalue weighted by Gasteiger charge is -2.66. The van der Waals surface area contributed by atoms with Gasteiger partial charge in [-0.1, -0.05) is 112 Å². The summed E-state index contributed by atoms with van der Waals surface area (Å²) in [6, 6.07) is 30.3. The number of aliphatic hydroxyl groups excluding tert-OH is 1. The van der Waals surface area contributed by atoms with Gasteiger partial charge in [-0.15, -0.1) is 0 Å². The molecular weight excluding hydrogens is 689 g/mol. The summed E-state index contributed by atoms with van der Waals surface area (Å²) < 4.78 is 55.2. The van der Waals surface area contributed by atoms with Crippen LogP contribution in [0.15, 0.2) is 91.0 Å². The number of ether oxygens (including phenoxy) is 7. The van der Waals surface area contributed by atoms with E-state index in [0.717, 1.165) is 16.7 Å². The van der Waals surface area contributed by atoms with Gasteiger partial charge >= 0.3 is 0 Å². The molecule has 5 aliphatic rings. The zero-order valence-electron chi connectivity index (χ0n) is 31.9. The predicted molar refractivity (Wildman–Crippen MR) is 201 cm³/mol. The van der Waals surface area contributed by atoms with Gasteiger partial charge in [0, 0.05) is 5.92 Å². The molecule has 11 atom stereocenters. The minimum atomic E-state index is -2.08. The maximum Gasteiger partial charge on any atom is 0.196 e. The largest absolute Gasteiger partial charge is 0.414 e. The summed E-state index contributed by atoms with van der Waals surface area (Å²) in [6.45, 7) is 14.6. The Morgan fingerprint density at radius 1 is 0.774 bits per heavy atom. The Morgan fingerprint density at radius 3 is 1.91 bits per heavy atom. The third-order valence-electron chi connectivity index (χ3n) is 13.2. The normalized spacial score (nSPS) is 37.4. The quantitative estimate of drug-likeness (QED) is 0.183. The van der Waals surface area contributed by atoms with Gasteiger partial charge in [0.2, 0.25) is 0 Å². The van der Waals surface area contributed by atoms with Crippen LogP contribution in [0.3, 0.4) is 0 Å². The van der Waals surface area contributed by atoms with Crippen molar-refractivity contribution in [3.05, 3.63) is 108 Å². The molecule has 0 amide bonds. The molecule has 1 spiro atoms. The van der Waals surface area contributed by atoms with Crippen LogP contribution < -0.4 is 0 Å². The van der Waals surface area contributed by atoms with E-state index in [1.54, 1.807) is 0 Å². The van der Waals surface area contributed by atoms with E-state index in [1.165, 1.54) is 0 Å². The Kier molecular flexibility index (Phi) is 10.0. The van der Waals surface area contributed by atoms with Crippen LogP contribution >= 0.6 is 0 Å². The molecule has 10 heteroatoms. The van der Waals surface area contributed by atoms with Crippen LogP contribution in [0.1, 0.15) is 57.2 Å². The highest BCUT2D eigenvalue weighted by Gasteiger charge is 2.88. The van der Waals surface area contributed by atoms with Gasteiger partial charge in [-0.25, -0.2) is 0 Å². The minimum Gasteiger partial charge on any atom is -0.414 e. The maximum atomic E-state index is 11.3. The van der Waals surface area contributed by atoms with E-state index >= 15 is 0 Å². The monoisotopic (exact) mass is 744 g/mol. The first kappa shape index (κ1) is 37.4. The first-order chi connectivity index (χ1) is 25.4. The number of benzene rings is 3. The van der Waals surface area contributed by atoms with Gasteiger partial charge in [-0.2, -0.15) is 0 Å². The molecule has 0 radical (unpaired) electrons. The van der Waals surface area contributed by atoms with Crippen molar-refractivity contribution < 1.29 is 42.7 Å². The van der Waals surface area contributed by atoms with Gasteiger partial charge < -0.3 is 42.7 Å². The van der Waals surface area contributed by atoms with Crippen molar-refractivity contribution in [2.75, 3.05) is 13.2 Å². The lowest BCUT2D eigenvalue weighted by Crippen LogP contribution is -2.80. The first-order valence-electron chi connectivity index (χ1n) is 19.3. The molecule has 53 heavy (non-hydrogen) atoms. The van der Waals surface area contributed by atoms with E-state index in [-0.39, 0.29) is 36.4 Å². The van der Waals surface area contributed by atoms with Crippen LogP contribution in [0.5, 0.6) is 0 Å². The second-order valence-electron chi connectivity index (χ2n) is 17.3. The number of fused-ring (bicyclic) bond motifs is 1. The molecule has 3 aromatic carbocycles. The van der Waals surface area contributed by atoms with Gasteiger partial charge in [0.1, 0.15) is 30.0 Å². The van der Waals surface area contributed by atoms with E-state index in [0.29, 0.717) is 32.7 Å². The Balaban J connectivity index is 1.10. The third-order valence-corrected chi connectivity index (χ3v) is 17.7. The molecule has 3 heterocycles. The van der Waals surface area contributed by atoms with Gasteiger partial charge in [0.05, 0.1) is 50.7 Å². The Hall–Kier alpha value is -2.48. The summed E-state index contributed by atoms with van der Waals surface area (Å²) in [5.74, 6) is -1.06. The fourth-order valence-corrected chi connectivity index (χ4v) is 10.8. The Bertz CT molecular complexity index is 1690. The number of hydrogen-bond donors (Lipinski definition) is 1. The minimum absolute atomic E-state index is 0.0197. The number of rotatable bonds is 13. The second kappa shape index (κ2) is 14.2. The summed E-state index contributed by atoms with van der Waals surface area (Å²) in [6.07, 6.45) is -2.13.